The molecule has 2 unspecified atom stereocenters. The lowest BCUT2D eigenvalue weighted by atomic mass is 10.0. The Labute approximate surface area is 123 Å². The van der Waals surface area contributed by atoms with Crippen LogP contribution in [-0.2, 0) is 4.79 Å². The van der Waals surface area contributed by atoms with Crippen LogP contribution in [0, 0.1) is 12.8 Å². The van der Waals surface area contributed by atoms with Crippen LogP contribution < -0.4 is 5.73 Å². The van der Waals surface area contributed by atoms with Crippen molar-refractivity contribution in [3.05, 3.63) is 29.6 Å². The predicted molar refractivity (Wildman–Crippen MR) is 81.8 cm³/mol. The van der Waals surface area contributed by atoms with E-state index in [2.05, 4.69) is 4.98 Å². The summed E-state index contributed by atoms with van der Waals surface area (Å²) in [6, 6.07) is 5.46. The quantitative estimate of drug-likeness (QED) is 0.879. The van der Waals surface area contributed by atoms with E-state index in [0.29, 0.717) is 5.82 Å². The summed E-state index contributed by atoms with van der Waals surface area (Å²) in [7, 11) is 0. The summed E-state index contributed by atoms with van der Waals surface area (Å²) in [5.41, 5.74) is 8.44. The van der Waals surface area contributed by atoms with Crippen molar-refractivity contribution in [1.82, 2.24) is 9.55 Å². The first-order valence-corrected chi connectivity index (χ1v) is 7.19. The van der Waals surface area contributed by atoms with Crippen LogP contribution in [0.1, 0.15) is 43.6 Å². The Bertz CT molecular complexity index is 646. The molecule has 20 heavy (non-hydrogen) atoms. The zero-order chi connectivity index (χ0) is 15.0. The maximum absolute atomic E-state index is 11.9. The molecule has 4 nitrogen and oxygen atoms in total. The molecule has 0 aliphatic carbocycles. The lowest BCUT2D eigenvalue weighted by Crippen LogP contribution is -2.31. The molecule has 0 fully saturated rings. The Kier molecular flexibility index (Phi) is 4.04. The maximum atomic E-state index is 11.9. The van der Waals surface area contributed by atoms with Crippen LogP contribution >= 0.6 is 11.6 Å². The molecule has 0 saturated heterocycles. The summed E-state index contributed by atoms with van der Waals surface area (Å²) >= 11 is 6.25. The van der Waals surface area contributed by atoms with Gasteiger partial charge in [0.15, 0.2) is 0 Å². The molecular weight excluding hydrogens is 274 g/mol. The number of imidazole rings is 1. The molecule has 0 spiro atoms. The molecule has 0 aliphatic heterocycles. The molecule has 1 heterocycles. The fraction of sp³-hybridized carbons (Fsp3) is 0.467. The summed E-state index contributed by atoms with van der Waals surface area (Å²) < 4.78 is 1.90. The van der Waals surface area contributed by atoms with Crippen LogP contribution in [0.25, 0.3) is 11.0 Å². The van der Waals surface area contributed by atoms with Gasteiger partial charge in [0.05, 0.1) is 16.4 Å². The summed E-state index contributed by atoms with van der Waals surface area (Å²) in [5, 5.41) is -0.289. The number of benzene rings is 1. The molecule has 1 aromatic carbocycles. The Morgan fingerprint density at radius 2 is 2.00 bits per heavy atom. The van der Waals surface area contributed by atoms with Crippen molar-refractivity contribution in [2.45, 2.75) is 39.1 Å². The molecule has 2 aromatic rings. The van der Waals surface area contributed by atoms with Gasteiger partial charge in [0.25, 0.3) is 0 Å². The molecular formula is C15H20ClN3O. The highest BCUT2D eigenvalue weighted by Crippen LogP contribution is 2.32. The van der Waals surface area contributed by atoms with E-state index in [0.717, 1.165) is 16.6 Å². The van der Waals surface area contributed by atoms with Crippen molar-refractivity contribution in [2.24, 2.45) is 11.7 Å². The number of carbonyl (C=O) groups is 1. The third kappa shape index (κ3) is 2.40. The highest BCUT2D eigenvalue weighted by Gasteiger charge is 2.28. The molecule has 1 aromatic heterocycles. The number of primary amides is 1. The molecule has 0 saturated carbocycles. The third-order valence-electron chi connectivity index (χ3n) is 3.51. The number of rotatable bonds is 4. The van der Waals surface area contributed by atoms with E-state index in [1.54, 1.807) is 0 Å². The van der Waals surface area contributed by atoms with E-state index in [1.807, 2.05) is 50.5 Å². The van der Waals surface area contributed by atoms with Crippen molar-refractivity contribution in [2.75, 3.05) is 0 Å². The molecule has 5 heteroatoms. The minimum absolute atomic E-state index is 0.0691. The topological polar surface area (TPSA) is 60.9 Å². The van der Waals surface area contributed by atoms with Gasteiger partial charge in [-0.1, -0.05) is 26.0 Å². The van der Waals surface area contributed by atoms with Crippen molar-refractivity contribution < 1.29 is 4.79 Å². The van der Waals surface area contributed by atoms with E-state index in [9.17, 15) is 4.79 Å². The highest BCUT2D eigenvalue weighted by atomic mass is 35.5. The average Bonchev–Trinajstić information content (AvgIpc) is 2.70. The zero-order valence-corrected chi connectivity index (χ0v) is 13.0. The van der Waals surface area contributed by atoms with Gasteiger partial charge >= 0.3 is 0 Å². The number of halogens is 1. The van der Waals surface area contributed by atoms with E-state index in [4.69, 9.17) is 17.3 Å². The first kappa shape index (κ1) is 14.9. The monoisotopic (exact) mass is 293 g/mol. The van der Waals surface area contributed by atoms with Crippen LogP contribution in [-0.4, -0.2) is 15.5 Å². The van der Waals surface area contributed by atoms with E-state index in [1.165, 1.54) is 0 Å². The summed E-state index contributed by atoms with van der Waals surface area (Å²) in [5.74, 6) is 0.396. The summed E-state index contributed by atoms with van der Waals surface area (Å²) in [4.78, 5) is 16.5. The number of alkyl halides is 1. The maximum Gasteiger partial charge on any atom is 0.240 e. The summed E-state index contributed by atoms with van der Waals surface area (Å²) in [6.07, 6.45) is 0. The normalized spacial score (nSPS) is 14.7. The molecule has 2 atom stereocenters. The van der Waals surface area contributed by atoms with Crippen LogP contribution in [0.2, 0.25) is 0 Å². The fourth-order valence-electron chi connectivity index (χ4n) is 2.60. The summed E-state index contributed by atoms with van der Waals surface area (Å²) in [6.45, 7) is 7.80. The lowest BCUT2D eigenvalue weighted by molar-refractivity contribution is -0.122. The van der Waals surface area contributed by atoms with Crippen molar-refractivity contribution in [3.8, 4) is 0 Å². The highest BCUT2D eigenvalue weighted by molar-refractivity contribution is 6.20. The van der Waals surface area contributed by atoms with Gasteiger partial charge in [-0.3, -0.25) is 4.79 Å². The number of aryl methyl sites for hydroxylation is 1. The molecule has 108 valence electrons. The fourth-order valence-corrected chi connectivity index (χ4v) is 2.76. The van der Waals surface area contributed by atoms with E-state index in [-0.39, 0.29) is 17.2 Å². The van der Waals surface area contributed by atoms with Gasteiger partial charge in [-0.25, -0.2) is 4.98 Å². The number of amides is 1. The minimum Gasteiger partial charge on any atom is -0.368 e. The van der Waals surface area contributed by atoms with Gasteiger partial charge in [-0.05, 0) is 31.4 Å². The van der Waals surface area contributed by atoms with Gasteiger partial charge in [-0.2, -0.15) is 0 Å². The van der Waals surface area contributed by atoms with Gasteiger partial charge in [0, 0.05) is 0 Å². The molecule has 2 rings (SSSR count). The SMILES string of the molecule is Cc1cccc2c1nc(C(C)Cl)n2C(C(N)=O)C(C)C. The van der Waals surface area contributed by atoms with Gasteiger partial charge in [-0.15, -0.1) is 11.6 Å². The van der Waals surface area contributed by atoms with E-state index < -0.39 is 6.04 Å². The number of para-hydroxylation sites is 1. The van der Waals surface area contributed by atoms with Crippen molar-refractivity contribution in [1.29, 1.82) is 0 Å². The van der Waals surface area contributed by atoms with Crippen LogP contribution in [0.4, 0.5) is 0 Å². The number of carbonyl (C=O) groups excluding carboxylic acids is 1. The second-order valence-electron chi connectivity index (χ2n) is 5.49. The van der Waals surface area contributed by atoms with Gasteiger partial charge in [0.1, 0.15) is 11.9 Å². The minimum atomic E-state index is -0.446. The van der Waals surface area contributed by atoms with Crippen molar-refractivity contribution >= 4 is 28.5 Å². The Morgan fingerprint density at radius 3 is 2.50 bits per heavy atom. The molecule has 0 radical (unpaired) electrons. The Balaban J connectivity index is 2.81. The lowest BCUT2D eigenvalue weighted by Gasteiger charge is -2.23. The Morgan fingerprint density at radius 1 is 1.35 bits per heavy atom. The van der Waals surface area contributed by atoms with Gasteiger partial charge in [0.2, 0.25) is 5.91 Å². The molecule has 0 aliphatic rings. The smallest absolute Gasteiger partial charge is 0.240 e. The average molecular weight is 294 g/mol. The third-order valence-corrected chi connectivity index (χ3v) is 3.70. The zero-order valence-electron chi connectivity index (χ0n) is 12.2. The van der Waals surface area contributed by atoms with Gasteiger partial charge < -0.3 is 10.3 Å². The second-order valence-corrected chi connectivity index (χ2v) is 6.14. The van der Waals surface area contributed by atoms with Crippen LogP contribution in [0.15, 0.2) is 18.2 Å². The number of nitrogens with zero attached hydrogens (tertiary/aromatic N) is 2. The van der Waals surface area contributed by atoms with Crippen LogP contribution in [0.3, 0.4) is 0 Å². The number of nitrogens with two attached hydrogens (primary N) is 1. The standard InChI is InChI=1S/C15H20ClN3O/c1-8(2)13(14(17)20)19-11-7-5-6-9(3)12(11)18-15(19)10(4)16/h5-8,10,13H,1-4H3,(H2,17,20). The first-order valence-electron chi connectivity index (χ1n) is 6.75. The van der Waals surface area contributed by atoms with Crippen molar-refractivity contribution in [3.63, 3.8) is 0 Å². The first-order chi connectivity index (χ1) is 9.34. The number of hydrogen-bond donors (Lipinski definition) is 1. The second kappa shape index (κ2) is 5.44. The molecule has 2 N–H and O–H groups in total. The van der Waals surface area contributed by atoms with E-state index >= 15 is 0 Å². The van der Waals surface area contributed by atoms with Crippen LogP contribution in [0.5, 0.6) is 0 Å². The molecule has 0 bridgehead atoms. The number of fused-ring (bicyclic) bond motifs is 1. The number of hydrogen-bond acceptors (Lipinski definition) is 2. The largest absolute Gasteiger partial charge is 0.368 e. The molecule has 1 amide bonds. The number of aromatic nitrogens is 2. The predicted octanol–water partition coefficient (Wildman–Crippen LogP) is 3.33. The Hall–Kier alpha value is -1.55.